The van der Waals surface area contributed by atoms with Crippen molar-refractivity contribution in [1.82, 2.24) is 10.2 Å². The van der Waals surface area contributed by atoms with Crippen molar-refractivity contribution in [2.75, 3.05) is 12.3 Å². The first-order chi connectivity index (χ1) is 5.34. The van der Waals surface area contributed by atoms with Gasteiger partial charge in [0.2, 0.25) is 0 Å². The first-order valence-corrected chi connectivity index (χ1v) is 3.73. The molecule has 11 heavy (non-hydrogen) atoms. The van der Waals surface area contributed by atoms with E-state index in [0.29, 0.717) is 5.82 Å². The van der Waals surface area contributed by atoms with Crippen LogP contribution in [0.1, 0.15) is 18.4 Å². The molecule has 0 saturated carbocycles. The number of aryl methyl sites for hydroxylation is 1. The fourth-order valence-electron chi connectivity index (χ4n) is 0.948. The zero-order valence-electron chi connectivity index (χ0n) is 6.38. The maximum Gasteiger partial charge on any atom is 0.121 e. The summed E-state index contributed by atoms with van der Waals surface area (Å²) < 4.78 is 0. The Morgan fingerprint density at radius 3 is 2.91 bits per heavy atom. The lowest BCUT2D eigenvalue weighted by atomic mass is 10.1. The Kier molecular flexibility index (Phi) is 2.92. The lowest BCUT2D eigenvalue weighted by Gasteiger charge is -1.96. The molecule has 0 aliphatic carbocycles. The zero-order chi connectivity index (χ0) is 8.10. The van der Waals surface area contributed by atoms with E-state index in [1.165, 1.54) is 0 Å². The van der Waals surface area contributed by atoms with Crippen LogP contribution in [0.2, 0.25) is 0 Å². The molecule has 4 heteroatoms. The topological polar surface area (TPSA) is 74.9 Å². The van der Waals surface area contributed by atoms with Crippen LogP contribution in [0.15, 0.2) is 6.20 Å². The van der Waals surface area contributed by atoms with Crippen LogP contribution in [0.5, 0.6) is 0 Å². The van der Waals surface area contributed by atoms with Gasteiger partial charge in [-0.15, -0.1) is 0 Å². The van der Waals surface area contributed by atoms with E-state index in [-0.39, 0.29) is 6.61 Å². The number of aliphatic hydroxyl groups excluding tert-OH is 1. The Labute approximate surface area is 65.4 Å². The van der Waals surface area contributed by atoms with Crippen LogP contribution in [0.25, 0.3) is 0 Å². The van der Waals surface area contributed by atoms with Crippen molar-refractivity contribution in [3.63, 3.8) is 0 Å². The number of aliphatic hydroxyl groups is 1. The number of hydrogen-bond acceptors (Lipinski definition) is 3. The fraction of sp³-hybridized carbons (Fsp3) is 0.571. The quantitative estimate of drug-likeness (QED) is 0.548. The van der Waals surface area contributed by atoms with Crippen LogP contribution in [0.4, 0.5) is 5.82 Å². The minimum absolute atomic E-state index is 0.248. The standard InChI is InChI=1S/C7H13N3O/c8-7-6(5-9-10-7)3-1-2-4-11/h5,11H,1-4H2,(H3,8,9,10). The summed E-state index contributed by atoms with van der Waals surface area (Å²) in [4.78, 5) is 0. The van der Waals surface area contributed by atoms with E-state index in [4.69, 9.17) is 10.8 Å². The number of rotatable bonds is 4. The summed E-state index contributed by atoms with van der Waals surface area (Å²) in [5.41, 5.74) is 6.58. The summed E-state index contributed by atoms with van der Waals surface area (Å²) in [5, 5.41) is 15.0. The molecule has 4 nitrogen and oxygen atoms in total. The van der Waals surface area contributed by atoms with Crippen LogP contribution in [-0.2, 0) is 6.42 Å². The molecule has 0 saturated heterocycles. The van der Waals surface area contributed by atoms with Crippen molar-refractivity contribution in [3.05, 3.63) is 11.8 Å². The molecular weight excluding hydrogens is 142 g/mol. The van der Waals surface area contributed by atoms with Crippen LogP contribution >= 0.6 is 0 Å². The van der Waals surface area contributed by atoms with E-state index >= 15 is 0 Å². The second kappa shape index (κ2) is 3.98. The van der Waals surface area contributed by atoms with Crippen molar-refractivity contribution in [3.8, 4) is 0 Å². The summed E-state index contributed by atoms with van der Waals surface area (Å²) >= 11 is 0. The molecule has 0 aliphatic heterocycles. The average molecular weight is 155 g/mol. The number of nitrogens with one attached hydrogen (secondary N) is 1. The number of aromatic nitrogens is 2. The van der Waals surface area contributed by atoms with Crippen LogP contribution in [0, 0.1) is 0 Å². The van der Waals surface area contributed by atoms with Crippen molar-refractivity contribution in [2.45, 2.75) is 19.3 Å². The Balaban J connectivity index is 2.32. The number of H-pyrrole nitrogens is 1. The number of nitrogens with zero attached hydrogens (tertiary/aromatic N) is 1. The lowest BCUT2D eigenvalue weighted by molar-refractivity contribution is 0.284. The van der Waals surface area contributed by atoms with Crippen LogP contribution < -0.4 is 5.73 Å². The third kappa shape index (κ3) is 2.23. The monoisotopic (exact) mass is 155 g/mol. The summed E-state index contributed by atoms with van der Waals surface area (Å²) in [6.07, 6.45) is 4.40. The van der Waals surface area contributed by atoms with Crippen molar-refractivity contribution >= 4 is 5.82 Å². The molecule has 0 aliphatic rings. The first-order valence-electron chi connectivity index (χ1n) is 3.73. The van der Waals surface area contributed by atoms with Gasteiger partial charge in [0.25, 0.3) is 0 Å². The molecule has 62 valence electrons. The van der Waals surface area contributed by atoms with Gasteiger partial charge in [0, 0.05) is 12.2 Å². The maximum atomic E-state index is 8.51. The van der Waals surface area contributed by atoms with Gasteiger partial charge < -0.3 is 10.8 Å². The van der Waals surface area contributed by atoms with E-state index in [2.05, 4.69) is 10.2 Å². The zero-order valence-corrected chi connectivity index (χ0v) is 6.38. The highest BCUT2D eigenvalue weighted by Gasteiger charge is 1.99. The molecule has 0 radical (unpaired) electrons. The predicted octanol–water partition coefficient (Wildman–Crippen LogP) is 0.307. The average Bonchev–Trinajstić information content (AvgIpc) is 2.37. The molecule has 0 amide bonds. The molecular formula is C7H13N3O. The summed E-state index contributed by atoms with van der Waals surface area (Å²) in [6, 6.07) is 0. The molecule has 1 rings (SSSR count). The van der Waals surface area contributed by atoms with Gasteiger partial charge in [-0.25, -0.2) is 0 Å². The Morgan fingerprint density at radius 2 is 2.36 bits per heavy atom. The summed E-state index contributed by atoms with van der Waals surface area (Å²) in [7, 11) is 0. The number of anilines is 1. The van der Waals surface area contributed by atoms with Gasteiger partial charge in [0.1, 0.15) is 5.82 Å². The molecule has 0 atom stereocenters. The SMILES string of the molecule is Nc1[nH]ncc1CCCCO. The highest BCUT2D eigenvalue weighted by Crippen LogP contribution is 2.09. The van der Waals surface area contributed by atoms with Gasteiger partial charge in [0.15, 0.2) is 0 Å². The Morgan fingerprint density at radius 1 is 1.55 bits per heavy atom. The normalized spacial score (nSPS) is 10.3. The maximum absolute atomic E-state index is 8.51. The molecule has 0 spiro atoms. The fourth-order valence-corrected chi connectivity index (χ4v) is 0.948. The molecule has 4 N–H and O–H groups in total. The number of hydrogen-bond donors (Lipinski definition) is 3. The van der Waals surface area contributed by atoms with Gasteiger partial charge in [-0.3, -0.25) is 5.10 Å². The largest absolute Gasteiger partial charge is 0.396 e. The third-order valence-electron chi connectivity index (χ3n) is 1.61. The highest BCUT2D eigenvalue weighted by molar-refractivity contribution is 5.36. The molecule has 0 aromatic carbocycles. The smallest absolute Gasteiger partial charge is 0.121 e. The van der Waals surface area contributed by atoms with Crippen molar-refractivity contribution in [1.29, 1.82) is 0 Å². The van der Waals surface area contributed by atoms with E-state index in [9.17, 15) is 0 Å². The highest BCUT2D eigenvalue weighted by atomic mass is 16.2. The Hall–Kier alpha value is -1.03. The molecule has 1 aromatic rings. The van der Waals surface area contributed by atoms with Crippen molar-refractivity contribution < 1.29 is 5.11 Å². The van der Waals surface area contributed by atoms with E-state index in [1.807, 2.05) is 0 Å². The minimum atomic E-state index is 0.248. The molecule has 1 heterocycles. The van der Waals surface area contributed by atoms with Crippen molar-refractivity contribution in [2.24, 2.45) is 0 Å². The summed E-state index contributed by atoms with van der Waals surface area (Å²) in [5.74, 6) is 0.642. The molecule has 0 fully saturated rings. The van der Waals surface area contributed by atoms with Crippen LogP contribution in [-0.4, -0.2) is 21.9 Å². The van der Waals surface area contributed by atoms with Crippen LogP contribution in [0.3, 0.4) is 0 Å². The third-order valence-corrected chi connectivity index (χ3v) is 1.61. The molecule has 1 aromatic heterocycles. The molecule has 0 unspecified atom stereocenters. The van der Waals surface area contributed by atoms with E-state index in [0.717, 1.165) is 24.8 Å². The lowest BCUT2D eigenvalue weighted by Crippen LogP contribution is -1.92. The van der Waals surface area contributed by atoms with Gasteiger partial charge >= 0.3 is 0 Å². The van der Waals surface area contributed by atoms with E-state index < -0.39 is 0 Å². The number of nitrogen functional groups attached to an aromatic ring is 1. The predicted molar refractivity (Wildman–Crippen MR) is 43.0 cm³/mol. The number of unbranched alkanes of at least 4 members (excludes halogenated alkanes) is 1. The second-order valence-electron chi connectivity index (χ2n) is 2.49. The van der Waals surface area contributed by atoms with Gasteiger partial charge in [0.05, 0.1) is 6.20 Å². The van der Waals surface area contributed by atoms with Gasteiger partial charge in [-0.1, -0.05) is 0 Å². The first kappa shape index (κ1) is 8.07. The Bertz CT molecular complexity index is 209. The van der Waals surface area contributed by atoms with Gasteiger partial charge in [-0.2, -0.15) is 5.10 Å². The minimum Gasteiger partial charge on any atom is -0.396 e. The van der Waals surface area contributed by atoms with E-state index in [1.54, 1.807) is 6.20 Å². The second-order valence-corrected chi connectivity index (χ2v) is 2.49. The number of aromatic amines is 1. The number of nitrogens with two attached hydrogens (primary N) is 1. The molecule has 0 bridgehead atoms. The summed E-state index contributed by atoms with van der Waals surface area (Å²) in [6.45, 7) is 0.248. The van der Waals surface area contributed by atoms with Gasteiger partial charge in [-0.05, 0) is 19.3 Å².